The summed E-state index contributed by atoms with van der Waals surface area (Å²) < 4.78 is 59.5. The van der Waals surface area contributed by atoms with E-state index in [-0.39, 0.29) is 17.6 Å². The quantitative estimate of drug-likeness (QED) is 0.110. The van der Waals surface area contributed by atoms with Gasteiger partial charge in [0.2, 0.25) is 0 Å². The first-order valence-electron chi connectivity index (χ1n) is 11.7. The standard InChI is InChI=1S/C25H40F4O/c1-5-7-8-9-10-13-16-20(25(3,4)30-6-2)17-14-11-12-15-19-18-21(26)23(28)24(29)22(19)27/h18,20H,5-17H2,1-4H3. The molecule has 0 aromatic heterocycles. The average molecular weight is 433 g/mol. The van der Waals surface area contributed by atoms with Crippen LogP contribution in [0.2, 0.25) is 0 Å². The molecule has 1 aromatic carbocycles. The van der Waals surface area contributed by atoms with Crippen LogP contribution >= 0.6 is 0 Å². The predicted octanol–water partition coefficient (Wildman–Crippen LogP) is 8.53. The summed E-state index contributed by atoms with van der Waals surface area (Å²) in [5, 5.41) is 0. The Morgan fingerprint density at radius 3 is 1.93 bits per heavy atom. The van der Waals surface area contributed by atoms with Crippen LogP contribution in [0.1, 0.15) is 104 Å². The summed E-state index contributed by atoms with van der Waals surface area (Å²) in [4.78, 5) is 0. The van der Waals surface area contributed by atoms with Crippen LogP contribution in [-0.2, 0) is 11.2 Å². The summed E-state index contributed by atoms with van der Waals surface area (Å²) in [5.41, 5.74) is -0.280. The first-order chi connectivity index (χ1) is 14.2. The SMILES string of the molecule is CCCCCCCCC(CCCCCc1cc(F)c(F)c(F)c1F)C(C)(C)OCC. The van der Waals surface area contributed by atoms with Crippen LogP contribution in [-0.4, -0.2) is 12.2 Å². The Kier molecular flexibility index (Phi) is 12.6. The third-order valence-corrected chi connectivity index (χ3v) is 6.08. The number of ether oxygens (including phenoxy) is 1. The van der Waals surface area contributed by atoms with Gasteiger partial charge in [-0.05, 0) is 64.0 Å². The van der Waals surface area contributed by atoms with Crippen LogP contribution < -0.4 is 0 Å². The van der Waals surface area contributed by atoms with Gasteiger partial charge in [0.05, 0.1) is 5.60 Å². The van der Waals surface area contributed by atoms with Crippen molar-refractivity contribution in [3.63, 3.8) is 0 Å². The minimum absolute atomic E-state index is 0.0929. The maximum atomic E-state index is 13.8. The number of halogens is 4. The number of hydrogen-bond acceptors (Lipinski definition) is 1. The van der Waals surface area contributed by atoms with Crippen LogP contribution in [0.4, 0.5) is 17.6 Å². The zero-order valence-corrected chi connectivity index (χ0v) is 19.3. The van der Waals surface area contributed by atoms with Gasteiger partial charge in [0.1, 0.15) is 0 Å². The summed E-state index contributed by atoms with van der Waals surface area (Å²) in [6.07, 6.45) is 12.3. The fourth-order valence-corrected chi connectivity index (χ4v) is 4.19. The van der Waals surface area contributed by atoms with Crippen LogP contribution in [0.3, 0.4) is 0 Å². The largest absolute Gasteiger partial charge is 0.376 e. The predicted molar refractivity (Wildman–Crippen MR) is 116 cm³/mol. The first kappa shape index (κ1) is 26.9. The minimum atomic E-state index is -1.74. The maximum Gasteiger partial charge on any atom is 0.197 e. The molecule has 1 rings (SSSR count). The molecule has 0 aliphatic rings. The van der Waals surface area contributed by atoms with E-state index in [0.29, 0.717) is 18.9 Å². The van der Waals surface area contributed by atoms with Crippen LogP contribution in [0.15, 0.2) is 6.07 Å². The summed E-state index contributed by atoms with van der Waals surface area (Å²) >= 11 is 0. The Morgan fingerprint density at radius 1 is 0.767 bits per heavy atom. The van der Waals surface area contributed by atoms with E-state index in [1.807, 2.05) is 6.92 Å². The molecule has 0 bridgehead atoms. The lowest BCUT2D eigenvalue weighted by Gasteiger charge is -2.34. The molecule has 5 heteroatoms. The smallest absolute Gasteiger partial charge is 0.197 e. The second-order valence-electron chi connectivity index (χ2n) is 8.85. The summed E-state index contributed by atoms with van der Waals surface area (Å²) in [5.74, 6) is -5.62. The van der Waals surface area contributed by atoms with E-state index >= 15 is 0 Å². The molecular weight excluding hydrogens is 392 g/mol. The fourth-order valence-electron chi connectivity index (χ4n) is 4.19. The molecule has 0 heterocycles. The zero-order valence-electron chi connectivity index (χ0n) is 19.3. The summed E-state index contributed by atoms with van der Waals surface area (Å²) in [6, 6.07) is 0.771. The highest BCUT2D eigenvalue weighted by atomic mass is 19.2. The van der Waals surface area contributed by atoms with E-state index in [9.17, 15) is 17.6 Å². The van der Waals surface area contributed by atoms with Crippen molar-refractivity contribution in [3.05, 3.63) is 34.9 Å². The fraction of sp³-hybridized carbons (Fsp3) is 0.760. The van der Waals surface area contributed by atoms with Gasteiger partial charge < -0.3 is 4.74 Å². The van der Waals surface area contributed by atoms with Crippen molar-refractivity contribution in [1.29, 1.82) is 0 Å². The van der Waals surface area contributed by atoms with Gasteiger partial charge in [0, 0.05) is 6.61 Å². The number of rotatable bonds is 16. The van der Waals surface area contributed by atoms with Crippen LogP contribution in [0, 0.1) is 29.2 Å². The molecule has 0 aliphatic heterocycles. The molecule has 1 aromatic rings. The van der Waals surface area contributed by atoms with Gasteiger partial charge in [-0.1, -0.05) is 58.3 Å². The topological polar surface area (TPSA) is 9.23 Å². The first-order valence-corrected chi connectivity index (χ1v) is 11.7. The molecule has 30 heavy (non-hydrogen) atoms. The molecule has 0 saturated carbocycles. The molecule has 1 unspecified atom stereocenters. The number of aryl methyl sites for hydroxylation is 1. The van der Waals surface area contributed by atoms with Crippen molar-refractivity contribution in [2.45, 2.75) is 110 Å². The van der Waals surface area contributed by atoms with Crippen LogP contribution in [0.25, 0.3) is 0 Å². The van der Waals surface area contributed by atoms with Gasteiger partial charge in [-0.3, -0.25) is 0 Å². The third-order valence-electron chi connectivity index (χ3n) is 6.08. The van der Waals surface area contributed by atoms with Gasteiger partial charge >= 0.3 is 0 Å². The average Bonchev–Trinajstić information content (AvgIpc) is 2.70. The van der Waals surface area contributed by atoms with Gasteiger partial charge in [0.25, 0.3) is 0 Å². The number of hydrogen-bond donors (Lipinski definition) is 0. The van der Waals surface area contributed by atoms with Crippen molar-refractivity contribution < 1.29 is 22.3 Å². The van der Waals surface area contributed by atoms with Gasteiger partial charge in [0.15, 0.2) is 23.3 Å². The molecule has 0 saturated heterocycles. The van der Waals surface area contributed by atoms with E-state index in [1.54, 1.807) is 0 Å². The highest BCUT2D eigenvalue weighted by Gasteiger charge is 2.29. The summed E-state index contributed by atoms with van der Waals surface area (Å²) in [6.45, 7) is 9.22. The molecule has 0 amide bonds. The Balaban J connectivity index is 2.47. The Hall–Kier alpha value is -1.10. The number of unbranched alkanes of at least 4 members (excludes halogenated alkanes) is 7. The van der Waals surface area contributed by atoms with E-state index < -0.39 is 23.3 Å². The Morgan fingerprint density at radius 2 is 1.33 bits per heavy atom. The van der Waals surface area contributed by atoms with E-state index in [4.69, 9.17) is 4.74 Å². The van der Waals surface area contributed by atoms with Crippen molar-refractivity contribution in [2.24, 2.45) is 5.92 Å². The number of benzene rings is 1. The van der Waals surface area contributed by atoms with Crippen molar-refractivity contribution in [2.75, 3.05) is 6.61 Å². The molecule has 0 spiro atoms. The van der Waals surface area contributed by atoms with Crippen LogP contribution in [0.5, 0.6) is 0 Å². The second-order valence-corrected chi connectivity index (χ2v) is 8.85. The molecule has 0 fully saturated rings. The van der Waals surface area contributed by atoms with Crippen molar-refractivity contribution >= 4 is 0 Å². The van der Waals surface area contributed by atoms with Gasteiger partial charge in [-0.15, -0.1) is 0 Å². The molecule has 0 aliphatic carbocycles. The maximum absolute atomic E-state index is 13.8. The molecule has 1 atom stereocenters. The molecular formula is C25H40F4O. The van der Waals surface area contributed by atoms with E-state index in [0.717, 1.165) is 31.7 Å². The normalized spacial score (nSPS) is 13.1. The highest BCUT2D eigenvalue weighted by molar-refractivity contribution is 5.21. The molecule has 1 nitrogen and oxygen atoms in total. The Bertz CT molecular complexity index is 616. The third kappa shape index (κ3) is 8.95. The van der Waals surface area contributed by atoms with Crippen molar-refractivity contribution in [1.82, 2.24) is 0 Å². The van der Waals surface area contributed by atoms with E-state index in [2.05, 4.69) is 20.8 Å². The molecule has 0 radical (unpaired) electrons. The highest BCUT2D eigenvalue weighted by Crippen LogP contribution is 2.31. The lowest BCUT2D eigenvalue weighted by Crippen LogP contribution is -2.34. The van der Waals surface area contributed by atoms with Crippen molar-refractivity contribution in [3.8, 4) is 0 Å². The molecule has 174 valence electrons. The lowest BCUT2D eigenvalue weighted by molar-refractivity contribution is -0.0605. The van der Waals surface area contributed by atoms with E-state index in [1.165, 1.54) is 38.5 Å². The lowest BCUT2D eigenvalue weighted by atomic mass is 9.82. The second kappa shape index (κ2) is 14.1. The monoisotopic (exact) mass is 432 g/mol. The summed E-state index contributed by atoms with van der Waals surface area (Å²) in [7, 11) is 0. The minimum Gasteiger partial charge on any atom is -0.376 e. The van der Waals surface area contributed by atoms with Gasteiger partial charge in [-0.25, -0.2) is 17.6 Å². The van der Waals surface area contributed by atoms with Gasteiger partial charge in [-0.2, -0.15) is 0 Å². The molecule has 0 N–H and O–H groups in total. The Labute approximate surface area is 180 Å². The zero-order chi connectivity index (χ0) is 22.6.